The van der Waals surface area contributed by atoms with Crippen molar-refractivity contribution in [2.24, 2.45) is 0 Å². The Kier molecular flexibility index (Phi) is 9.94. The van der Waals surface area contributed by atoms with Gasteiger partial charge in [-0.05, 0) is 41.5 Å². The Morgan fingerprint density at radius 1 is 0.909 bits per heavy atom. The highest BCUT2D eigenvalue weighted by atomic mass is 16.6. The minimum Gasteiger partial charge on any atom is -0.504 e. The Hall–Kier alpha value is -3.82. The van der Waals surface area contributed by atoms with E-state index in [9.17, 15) is 24.9 Å². The van der Waals surface area contributed by atoms with Crippen LogP contribution in [0, 0.1) is 0 Å². The van der Waals surface area contributed by atoms with E-state index < -0.39 is 24.6 Å². The van der Waals surface area contributed by atoms with Crippen molar-refractivity contribution >= 4 is 24.1 Å². The first-order valence-corrected chi connectivity index (χ1v) is 9.89. The lowest BCUT2D eigenvalue weighted by Gasteiger charge is -2.14. The molecule has 0 amide bonds. The van der Waals surface area contributed by atoms with Gasteiger partial charge < -0.3 is 34.3 Å². The molecule has 2 aromatic rings. The molecule has 0 heterocycles. The van der Waals surface area contributed by atoms with Crippen molar-refractivity contribution in [1.29, 1.82) is 0 Å². The Morgan fingerprint density at radius 2 is 1.55 bits per heavy atom. The fourth-order valence-electron chi connectivity index (χ4n) is 2.69. The number of ether oxygens (including phenoxy) is 4. The molecule has 0 spiro atoms. The molecule has 3 N–H and O–H groups in total. The number of hydrogen-bond donors (Lipinski definition) is 3. The Bertz CT molecular complexity index is 1010. The Morgan fingerprint density at radius 3 is 2.15 bits per heavy atom. The van der Waals surface area contributed by atoms with Gasteiger partial charge in [0.05, 0.1) is 27.4 Å². The van der Waals surface area contributed by atoms with E-state index in [-0.39, 0.29) is 19.0 Å². The minimum absolute atomic E-state index is 0.0796. The van der Waals surface area contributed by atoms with Crippen LogP contribution < -0.4 is 9.47 Å². The summed E-state index contributed by atoms with van der Waals surface area (Å²) in [6.45, 7) is -1.05. The second-order valence-electron chi connectivity index (χ2n) is 6.70. The van der Waals surface area contributed by atoms with Crippen molar-refractivity contribution < 1.29 is 43.9 Å². The van der Waals surface area contributed by atoms with Gasteiger partial charge in [-0.3, -0.25) is 0 Å². The molecule has 1 atom stereocenters. The first kappa shape index (κ1) is 25.4. The lowest BCUT2D eigenvalue weighted by molar-refractivity contribution is -0.154. The molecule has 0 fully saturated rings. The van der Waals surface area contributed by atoms with Crippen LogP contribution in [0.3, 0.4) is 0 Å². The lowest BCUT2D eigenvalue weighted by atomic mass is 10.1. The molecule has 0 aliphatic carbocycles. The number of esters is 2. The number of methoxy groups -OCH3 is 2. The smallest absolute Gasteiger partial charge is 0.331 e. The number of phenolic OH excluding ortho intramolecular Hbond substituents is 1. The molecule has 0 aliphatic rings. The number of aromatic hydroxyl groups is 1. The predicted octanol–water partition coefficient (Wildman–Crippen LogP) is 2.08. The maximum Gasteiger partial charge on any atom is 0.331 e. The van der Waals surface area contributed by atoms with Gasteiger partial charge in [0.2, 0.25) is 0 Å². The number of phenols is 1. The number of aliphatic hydroxyl groups excluding tert-OH is 2. The number of benzene rings is 2. The molecule has 0 saturated carbocycles. The van der Waals surface area contributed by atoms with Crippen molar-refractivity contribution in [3.63, 3.8) is 0 Å². The zero-order valence-corrected chi connectivity index (χ0v) is 18.3. The fraction of sp³-hybridized carbons (Fsp3) is 0.250. The quantitative estimate of drug-likeness (QED) is 0.342. The van der Waals surface area contributed by atoms with Crippen LogP contribution in [0.25, 0.3) is 12.2 Å². The highest BCUT2D eigenvalue weighted by Gasteiger charge is 2.14. The molecule has 2 rings (SSSR count). The third-order valence-corrected chi connectivity index (χ3v) is 4.41. The van der Waals surface area contributed by atoms with Crippen molar-refractivity contribution in [2.75, 3.05) is 27.4 Å². The van der Waals surface area contributed by atoms with Crippen LogP contribution in [0.5, 0.6) is 17.2 Å². The molecule has 9 nitrogen and oxygen atoms in total. The van der Waals surface area contributed by atoms with Crippen molar-refractivity contribution in [1.82, 2.24) is 0 Å². The fourth-order valence-corrected chi connectivity index (χ4v) is 2.69. The van der Waals surface area contributed by atoms with E-state index in [0.29, 0.717) is 28.2 Å². The summed E-state index contributed by atoms with van der Waals surface area (Å²) in [7, 11) is 2.90. The summed E-state index contributed by atoms with van der Waals surface area (Å²) in [5.74, 6) is -0.750. The van der Waals surface area contributed by atoms with Crippen LogP contribution in [0.4, 0.5) is 0 Å². The molecule has 0 aliphatic heterocycles. The average molecular weight is 458 g/mol. The zero-order valence-electron chi connectivity index (χ0n) is 18.3. The molecule has 0 bridgehead atoms. The summed E-state index contributed by atoms with van der Waals surface area (Å²) in [6.07, 6.45) is 4.17. The average Bonchev–Trinajstić information content (AvgIpc) is 2.83. The van der Waals surface area contributed by atoms with Crippen molar-refractivity contribution in [3.8, 4) is 17.2 Å². The van der Waals surface area contributed by atoms with Crippen LogP contribution >= 0.6 is 0 Å². The first-order valence-electron chi connectivity index (χ1n) is 9.89. The molecular weight excluding hydrogens is 432 g/mol. The molecule has 1 unspecified atom stereocenters. The maximum atomic E-state index is 12.0. The third kappa shape index (κ3) is 7.99. The molecule has 9 heteroatoms. The van der Waals surface area contributed by atoms with Crippen LogP contribution in [-0.2, 0) is 25.7 Å². The number of carbonyl (C=O) groups excluding carboxylic acids is 2. The molecule has 0 radical (unpaired) electrons. The van der Waals surface area contributed by atoms with Crippen molar-refractivity contribution in [2.45, 2.75) is 12.7 Å². The van der Waals surface area contributed by atoms with E-state index in [1.807, 2.05) is 0 Å². The van der Waals surface area contributed by atoms with Gasteiger partial charge in [-0.2, -0.15) is 0 Å². The molecule has 176 valence electrons. The van der Waals surface area contributed by atoms with E-state index >= 15 is 0 Å². The van der Waals surface area contributed by atoms with E-state index in [1.54, 1.807) is 30.3 Å². The van der Waals surface area contributed by atoms with Crippen LogP contribution in [0.15, 0.2) is 48.6 Å². The summed E-state index contributed by atoms with van der Waals surface area (Å²) >= 11 is 0. The van der Waals surface area contributed by atoms with Gasteiger partial charge in [0.1, 0.15) is 12.4 Å². The van der Waals surface area contributed by atoms with E-state index in [0.717, 1.165) is 6.08 Å². The van der Waals surface area contributed by atoms with Gasteiger partial charge >= 0.3 is 11.9 Å². The summed E-state index contributed by atoms with van der Waals surface area (Å²) in [6, 6.07) is 9.61. The highest BCUT2D eigenvalue weighted by molar-refractivity contribution is 5.88. The van der Waals surface area contributed by atoms with Crippen molar-refractivity contribution in [3.05, 3.63) is 65.2 Å². The zero-order chi connectivity index (χ0) is 24.2. The number of rotatable bonds is 11. The third-order valence-electron chi connectivity index (χ3n) is 4.41. The van der Waals surface area contributed by atoms with Crippen LogP contribution in [0.2, 0.25) is 0 Å². The summed E-state index contributed by atoms with van der Waals surface area (Å²) in [5.41, 5.74) is 1.80. The molecule has 0 aromatic heterocycles. The van der Waals surface area contributed by atoms with E-state index in [2.05, 4.69) is 0 Å². The summed E-state index contributed by atoms with van der Waals surface area (Å²) in [4.78, 5) is 23.9. The van der Waals surface area contributed by atoms with Gasteiger partial charge in [0.25, 0.3) is 0 Å². The summed E-state index contributed by atoms with van der Waals surface area (Å²) < 4.78 is 20.2. The van der Waals surface area contributed by atoms with Crippen LogP contribution in [-0.4, -0.2) is 60.8 Å². The molecule has 2 aromatic carbocycles. The van der Waals surface area contributed by atoms with Gasteiger partial charge in [-0.1, -0.05) is 18.2 Å². The second kappa shape index (κ2) is 12.9. The monoisotopic (exact) mass is 458 g/mol. The number of hydrogen-bond acceptors (Lipinski definition) is 9. The van der Waals surface area contributed by atoms with Gasteiger partial charge in [0, 0.05) is 17.7 Å². The predicted molar refractivity (Wildman–Crippen MR) is 120 cm³/mol. The lowest BCUT2D eigenvalue weighted by Crippen LogP contribution is -2.27. The molecule has 0 saturated heterocycles. The topological polar surface area (TPSA) is 132 Å². The summed E-state index contributed by atoms with van der Waals surface area (Å²) in [5, 5.41) is 28.4. The molecular formula is C24H26O9. The number of carbonyl (C=O) groups is 2. The maximum absolute atomic E-state index is 12.0. The molecule has 33 heavy (non-hydrogen) atoms. The number of aliphatic hydroxyl groups is 2. The normalized spacial score (nSPS) is 12.0. The largest absolute Gasteiger partial charge is 0.504 e. The standard InChI is InChI=1S/C24H26O9/c1-30-21-8-4-16(11-20(21)27)6-10-24(29)33-19(14-26)15-32-23(28)9-5-17-3-7-18(13-25)22(12-17)31-2/h3-12,19,25-27H,13-15H2,1-2H3. The highest BCUT2D eigenvalue weighted by Crippen LogP contribution is 2.26. The first-order chi connectivity index (χ1) is 15.9. The van der Waals surface area contributed by atoms with Gasteiger partial charge in [0.15, 0.2) is 17.6 Å². The van der Waals surface area contributed by atoms with Gasteiger partial charge in [-0.25, -0.2) is 9.59 Å². The Balaban J connectivity index is 1.86. The Labute approximate surface area is 191 Å². The van der Waals surface area contributed by atoms with Gasteiger partial charge in [-0.15, -0.1) is 0 Å². The SMILES string of the molecule is COc1ccc(C=CC(=O)OC(CO)COC(=O)C=Cc2ccc(CO)c(OC)c2)cc1O. The van der Waals surface area contributed by atoms with E-state index in [1.165, 1.54) is 38.5 Å². The van der Waals surface area contributed by atoms with E-state index in [4.69, 9.17) is 18.9 Å². The minimum atomic E-state index is -1.05. The second-order valence-corrected chi connectivity index (χ2v) is 6.70. The van der Waals surface area contributed by atoms with Crippen LogP contribution in [0.1, 0.15) is 16.7 Å².